The van der Waals surface area contributed by atoms with Gasteiger partial charge in [0.25, 0.3) is 0 Å². The minimum absolute atomic E-state index is 0. The lowest BCUT2D eigenvalue weighted by Crippen LogP contribution is -2.47. The standard InChI is InChI=1S/C14H17F3N2O2S2.ClH/c15-14(16,17)22-12-3-5-13(6-4-12)23(20,21)19-11-7-9-1-2-10(8-11)18-9;/h3-6,9-11,18-19H,1-2,7-8H2;1H. The normalized spacial score (nSPS) is 26.9. The Labute approximate surface area is 149 Å². The molecular weight excluding hydrogens is 385 g/mol. The smallest absolute Gasteiger partial charge is 0.311 e. The summed E-state index contributed by atoms with van der Waals surface area (Å²) in [6.07, 6.45) is 3.62. The number of hydrogen-bond acceptors (Lipinski definition) is 4. The molecule has 10 heteroatoms. The second-order valence-electron chi connectivity index (χ2n) is 5.95. The van der Waals surface area contributed by atoms with E-state index in [9.17, 15) is 21.6 Å². The summed E-state index contributed by atoms with van der Waals surface area (Å²) in [5.74, 6) is 0. The monoisotopic (exact) mass is 402 g/mol. The highest BCUT2D eigenvalue weighted by molar-refractivity contribution is 8.00. The molecule has 4 nitrogen and oxygen atoms in total. The van der Waals surface area contributed by atoms with E-state index in [1.165, 1.54) is 24.3 Å². The van der Waals surface area contributed by atoms with Crippen LogP contribution in [0, 0.1) is 0 Å². The van der Waals surface area contributed by atoms with Crippen molar-refractivity contribution in [3.63, 3.8) is 0 Å². The molecule has 0 spiro atoms. The van der Waals surface area contributed by atoms with Gasteiger partial charge >= 0.3 is 5.51 Å². The second-order valence-corrected chi connectivity index (χ2v) is 8.80. The third-order valence-corrected chi connectivity index (χ3v) is 6.44. The molecule has 136 valence electrons. The fourth-order valence-corrected chi connectivity index (χ4v) is 5.06. The summed E-state index contributed by atoms with van der Waals surface area (Å²) >= 11 is -0.259. The number of thioether (sulfide) groups is 1. The van der Waals surface area contributed by atoms with Gasteiger partial charge in [-0.2, -0.15) is 13.2 Å². The summed E-state index contributed by atoms with van der Waals surface area (Å²) < 4.78 is 64.3. The van der Waals surface area contributed by atoms with Gasteiger partial charge in [0.1, 0.15) is 0 Å². The summed E-state index contributed by atoms with van der Waals surface area (Å²) in [6.45, 7) is 0. The lowest BCUT2D eigenvalue weighted by atomic mass is 10.0. The first kappa shape index (κ1) is 19.8. The van der Waals surface area contributed by atoms with Crippen LogP contribution in [0.5, 0.6) is 0 Å². The second kappa shape index (κ2) is 7.41. The van der Waals surface area contributed by atoms with E-state index in [1.54, 1.807) is 0 Å². The molecule has 2 saturated heterocycles. The predicted octanol–water partition coefficient (Wildman–Crippen LogP) is 3.28. The Bertz CT molecular complexity index is 656. The summed E-state index contributed by atoms with van der Waals surface area (Å²) in [5, 5.41) is 3.43. The Morgan fingerprint density at radius 3 is 2.12 bits per heavy atom. The van der Waals surface area contributed by atoms with E-state index in [2.05, 4.69) is 10.0 Å². The van der Waals surface area contributed by atoms with Gasteiger partial charge in [-0.25, -0.2) is 13.1 Å². The fraction of sp³-hybridized carbons (Fsp3) is 0.571. The maximum absolute atomic E-state index is 12.4. The average molecular weight is 403 g/mol. The number of sulfonamides is 1. The van der Waals surface area contributed by atoms with Crippen molar-refractivity contribution < 1.29 is 21.6 Å². The van der Waals surface area contributed by atoms with Crippen LogP contribution >= 0.6 is 24.2 Å². The van der Waals surface area contributed by atoms with Crippen LogP contribution in [0.15, 0.2) is 34.1 Å². The van der Waals surface area contributed by atoms with Gasteiger partial charge < -0.3 is 5.32 Å². The van der Waals surface area contributed by atoms with E-state index in [0.717, 1.165) is 25.7 Å². The Hall–Kier alpha value is -0.480. The molecule has 2 aliphatic rings. The third kappa shape index (κ3) is 5.01. The maximum Gasteiger partial charge on any atom is 0.446 e. The number of benzene rings is 1. The van der Waals surface area contributed by atoms with E-state index >= 15 is 0 Å². The van der Waals surface area contributed by atoms with Crippen molar-refractivity contribution in [2.24, 2.45) is 0 Å². The van der Waals surface area contributed by atoms with Crippen molar-refractivity contribution >= 4 is 34.2 Å². The van der Waals surface area contributed by atoms with Gasteiger partial charge in [0, 0.05) is 23.0 Å². The van der Waals surface area contributed by atoms with E-state index in [-0.39, 0.29) is 40.0 Å². The van der Waals surface area contributed by atoms with Crippen LogP contribution < -0.4 is 10.0 Å². The molecule has 24 heavy (non-hydrogen) atoms. The van der Waals surface area contributed by atoms with Gasteiger partial charge in [-0.1, -0.05) is 0 Å². The molecule has 2 bridgehead atoms. The molecule has 1 aromatic carbocycles. The van der Waals surface area contributed by atoms with Crippen LogP contribution in [0.25, 0.3) is 0 Å². The Balaban J connectivity index is 0.00000208. The fourth-order valence-electron chi connectivity index (χ4n) is 3.26. The van der Waals surface area contributed by atoms with Crippen LogP contribution in [0.4, 0.5) is 13.2 Å². The largest absolute Gasteiger partial charge is 0.446 e. The number of piperidine rings is 1. The minimum Gasteiger partial charge on any atom is -0.311 e. The van der Waals surface area contributed by atoms with Gasteiger partial charge in [-0.05, 0) is 61.7 Å². The minimum atomic E-state index is -4.38. The topological polar surface area (TPSA) is 58.2 Å². The third-order valence-electron chi connectivity index (χ3n) is 4.16. The van der Waals surface area contributed by atoms with Crippen LogP contribution in [0.3, 0.4) is 0 Å². The first-order valence-corrected chi connectivity index (χ1v) is 9.65. The Morgan fingerprint density at radius 1 is 1.08 bits per heavy atom. The molecule has 2 fully saturated rings. The number of halogens is 4. The quantitative estimate of drug-likeness (QED) is 0.759. The van der Waals surface area contributed by atoms with Gasteiger partial charge in [0.2, 0.25) is 10.0 Å². The van der Waals surface area contributed by atoms with Gasteiger partial charge in [-0.15, -0.1) is 12.4 Å². The first-order chi connectivity index (χ1) is 10.7. The zero-order valence-electron chi connectivity index (χ0n) is 12.5. The molecule has 2 aliphatic heterocycles. The van der Waals surface area contributed by atoms with Crippen LogP contribution in [0.2, 0.25) is 0 Å². The number of fused-ring (bicyclic) bond motifs is 2. The zero-order valence-corrected chi connectivity index (χ0v) is 15.0. The molecule has 2 atom stereocenters. The lowest BCUT2D eigenvalue weighted by Gasteiger charge is -2.29. The molecule has 0 saturated carbocycles. The van der Waals surface area contributed by atoms with Crippen molar-refractivity contribution in [3.8, 4) is 0 Å². The van der Waals surface area contributed by atoms with Crippen LogP contribution in [0.1, 0.15) is 25.7 Å². The van der Waals surface area contributed by atoms with Crippen molar-refractivity contribution in [3.05, 3.63) is 24.3 Å². The molecule has 2 heterocycles. The van der Waals surface area contributed by atoms with Crippen molar-refractivity contribution in [1.82, 2.24) is 10.0 Å². The highest BCUT2D eigenvalue weighted by Crippen LogP contribution is 2.37. The summed E-state index contributed by atoms with van der Waals surface area (Å²) in [4.78, 5) is -0.0359. The van der Waals surface area contributed by atoms with E-state index < -0.39 is 15.5 Å². The predicted molar refractivity (Wildman–Crippen MR) is 88.9 cm³/mol. The molecular formula is C14H18ClF3N2O2S2. The Kier molecular flexibility index (Phi) is 6.12. The average Bonchev–Trinajstić information content (AvgIpc) is 2.76. The van der Waals surface area contributed by atoms with Crippen LogP contribution in [-0.4, -0.2) is 32.1 Å². The molecule has 3 rings (SSSR count). The molecule has 0 aliphatic carbocycles. The lowest BCUT2D eigenvalue weighted by molar-refractivity contribution is -0.0328. The zero-order chi connectivity index (χ0) is 16.7. The molecule has 0 aromatic heterocycles. The number of nitrogens with one attached hydrogen (secondary N) is 2. The molecule has 2 N–H and O–H groups in total. The summed E-state index contributed by atoms with van der Waals surface area (Å²) in [7, 11) is -3.71. The van der Waals surface area contributed by atoms with E-state index in [0.29, 0.717) is 12.1 Å². The van der Waals surface area contributed by atoms with E-state index in [4.69, 9.17) is 0 Å². The number of alkyl halides is 3. The molecule has 2 unspecified atom stereocenters. The molecule has 0 amide bonds. The first-order valence-electron chi connectivity index (χ1n) is 7.35. The van der Waals surface area contributed by atoms with Crippen molar-refractivity contribution in [2.45, 2.75) is 59.1 Å². The Morgan fingerprint density at radius 2 is 1.62 bits per heavy atom. The van der Waals surface area contributed by atoms with Crippen molar-refractivity contribution in [1.29, 1.82) is 0 Å². The summed E-state index contributed by atoms with van der Waals surface area (Å²) in [6, 6.07) is 5.37. The highest BCUT2D eigenvalue weighted by atomic mass is 35.5. The van der Waals surface area contributed by atoms with Gasteiger partial charge in [-0.3, -0.25) is 0 Å². The van der Waals surface area contributed by atoms with E-state index in [1.807, 2.05) is 0 Å². The summed E-state index contributed by atoms with van der Waals surface area (Å²) in [5.41, 5.74) is -4.38. The molecule has 0 radical (unpaired) electrons. The van der Waals surface area contributed by atoms with Crippen LogP contribution in [-0.2, 0) is 10.0 Å². The highest BCUT2D eigenvalue weighted by Gasteiger charge is 2.35. The number of hydrogen-bond donors (Lipinski definition) is 2. The van der Waals surface area contributed by atoms with Gasteiger partial charge in [0.05, 0.1) is 4.90 Å². The SMILES string of the molecule is Cl.O=S(=O)(NC1CC2CCC(C1)N2)c1ccc(SC(F)(F)F)cc1. The molecule has 1 aromatic rings. The van der Waals surface area contributed by atoms with Gasteiger partial charge in [0.15, 0.2) is 0 Å². The number of rotatable bonds is 4. The van der Waals surface area contributed by atoms with Crippen molar-refractivity contribution in [2.75, 3.05) is 0 Å². The maximum atomic E-state index is 12.4.